The van der Waals surface area contributed by atoms with Gasteiger partial charge in [-0.2, -0.15) is 0 Å². The molecule has 56 heavy (non-hydrogen) atoms. The van der Waals surface area contributed by atoms with Crippen LogP contribution in [0.3, 0.4) is 0 Å². The van der Waals surface area contributed by atoms with Crippen molar-refractivity contribution >= 4 is 61.5 Å². The second-order valence-corrected chi connectivity index (χ2v) is 26.2. The summed E-state index contributed by atoms with van der Waals surface area (Å²) in [6.07, 6.45) is 7.71. The van der Waals surface area contributed by atoms with Crippen molar-refractivity contribution in [2.24, 2.45) is 5.92 Å². The third-order valence-electron chi connectivity index (χ3n) is 10.7. The minimum atomic E-state index is -1.81. The Balaban J connectivity index is 0.000000171. The van der Waals surface area contributed by atoms with Crippen molar-refractivity contribution in [3.8, 4) is 33.6 Å². The van der Waals surface area contributed by atoms with Gasteiger partial charge < -0.3 is 9.40 Å². The minimum Gasteiger partial charge on any atom is 0 e. The number of para-hydroxylation sites is 1. The van der Waals surface area contributed by atoms with Crippen molar-refractivity contribution in [2.45, 2.75) is 55.7 Å². The van der Waals surface area contributed by atoms with Gasteiger partial charge in [0.2, 0.25) is 0 Å². The second kappa shape index (κ2) is 16.3. The smallest absolute Gasteiger partial charge is 0 e. The van der Waals surface area contributed by atoms with Crippen LogP contribution >= 0.6 is 0 Å². The molecular weight excluding hydrogens is 925 g/mol. The summed E-state index contributed by atoms with van der Waals surface area (Å²) in [5.74, 6) is 7.20. The van der Waals surface area contributed by atoms with Crippen LogP contribution in [0.25, 0.3) is 77.5 Å². The summed E-state index contributed by atoms with van der Waals surface area (Å²) in [4.78, 5) is 9.27. The van der Waals surface area contributed by atoms with Crippen LogP contribution in [0.4, 0.5) is 0 Å². The minimum absolute atomic E-state index is 0. The normalized spacial score (nSPS) is 14.3. The van der Waals surface area contributed by atoms with Crippen molar-refractivity contribution in [1.29, 1.82) is 0 Å². The number of hydrogen-bond acceptors (Lipinski definition) is 4. The molecule has 281 valence electrons. The van der Waals surface area contributed by atoms with E-state index in [1.165, 1.54) is 10.8 Å². The quantitative estimate of drug-likeness (QED) is 0.123. The molecule has 1 radical (unpaired) electrons. The van der Waals surface area contributed by atoms with E-state index in [1.54, 1.807) is 6.20 Å². The van der Waals surface area contributed by atoms with Gasteiger partial charge in [0.1, 0.15) is 5.58 Å². The second-order valence-electron chi connectivity index (χ2n) is 15.6. The molecule has 0 N–H and O–H groups in total. The Hall–Kier alpha value is -4.81. The molecule has 0 aliphatic heterocycles. The van der Waals surface area contributed by atoms with Crippen molar-refractivity contribution in [2.75, 3.05) is 0 Å². The van der Waals surface area contributed by atoms with E-state index in [4.69, 9.17) is 11.6 Å². The largest absolute Gasteiger partial charge is 0 e. The SMILES string of the molecule is [2H]C([2H])(c1ccnc(-c2[c-]ccc3c2oc2cc(-c4ccccc4)ccc23)c1)C1CCCCC1.[CH3][Ge]([CH3])([CH3])[c]1ccc(-c2[c-]cc3oc4ccccc4c3c2)nc1.[Ir]. The molecule has 0 spiro atoms. The van der Waals surface area contributed by atoms with Crippen LogP contribution in [-0.2, 0) is 26.5 Å². The molecule has 6 heteroatoms. The molecule has 9 aromatic rings. The van der Waals surface area contributed by atoms with Crippen molar-refractivity contribution in [3.05, 3.63) is 151 Å². The molecule has 0 bridgehead atoms. The first kappa shape index (κ1) is 35.6. The fourth-order valence-corrected chi connectivity index (χ4v) is 9.87. The number of fused-ring (bicyclic) bond motifs is 6. The van der Waals surface area contributed by atoms with Crippen LogP contribution in [0, 0.1) is 18.1 Å². The fraction of sp³-hybridized carbons (Fsp3) is 0.200. The van der Waals surface area contributed by atoms with Gasteiger partial charge in [0.25, 0.3) is 0 Å². The maximum absolute atomic E-state index is 8.88. The van der Waals surface area contributed by atoms with E-state index in [0.717, 1.165) is 97.5 Å². The predicted octanol–water partition coefficient (Wildman–Crippen LogP) is 13.2. The van der Waals surface area contributed by atoms with E-state index in [0.29, 0.717) is 11.3 Å². The zero-order chi connectivity index (χ0) is 39.1. The molecule has 1 aliphatic carbocycles. The van der Waals surface area contributed by atoms with Crippen LogP contribution in [0.1, 0.15) is 40.4 Å². The Bertz CT molecular complexity index is 2860. The topological polar surface area (TPSA) is 52.1 Å². The average molecular weight is 972 g/mol. The number of hydrogen-bond donors (Lipinski definition) is 0. The maximum atomic E-state index is 8.88. The summed E-state index contributed by atoms with van der Waals surface area (Å²) in [5.41, 5.74) is 9.75. The monoisotopic (exact) mass is 973 g/mol. The number of benzene rings is 5. The van der Waals surface area contributed by atoms with Crippen molar-refractivity contribution in [1.82, 2.24) is 9.97 Å². The molecule has 0 unspecified atom stereocenters. The summed E-state index contributed by atoms with van der Waals surface area (Å²) in [5, 5.41) is 4.33. The number of furan rings is 2. The molecule has 0 amide bonds. The first-order valence-electron chi connectivity index (χ1n) is 20.3. The Morgan fingerprint density at radius 2 is 1.48 bits per heavy atom. The molecule has 0 atom stereocenters. The Labute approximate surface area is 347 Å². The molecular formula is C50H44GeIrN2O2-2. The van der Waals surface area contributed by atoms with Crippen LogP contribution in [0.2, 0.25) is 17.3 Å². The van der Waals surface area contributed by atoms with Gasteiger partial charge in [-0.1, -0.05) is 97.1 Å². The number of pyridine rings is 2. The Morgan fingerprint density at radius 1 is 0.679 bits per heavy atom. The van der Waals surface area contributed by atoms with E-state index in [9.17, 15) is 0 Å². The molecule has 1 saturated carbocycles. The summed E-state index contributed by atoms with van der Waals surface area (Å²) in [6, 6.07) is 47.4. The van der Waals surface area contributed by atoms with Gasteiger partial charge in [-0.15, -0.1) is 18.2 Å². The van der Waals surface area contributed by atoms with Gasteiger partial charge in [-0.05, 0) is 41.2 Å². The zero-order valence-corrected chi connectivity index (χ0v) is 36.4. The van der Waals surface area contributed by atoms with Gasteiger partial charge in [0.15, 0.2) is 0 Å². The molecule has 4 aromatic heterocycles. The van der Waals surface area contributed by atoms with Crippen LogP contribution < -0.4 is 4.40 Å². The van der Waals surface area contributed by atoms with Gasteiger partial charge in [0, 0.05) is 34.4 Å². The van der Waals surface area contributed by atoms with E-state index in [1.807, 2.05) is 72.9 Å². The van der Waals surface area contributed by atoms with Crippen LogP contribution in [0.5, 0.6) is 0 Å². The zero-order valence-electron chi connectivity index (χ0n) is 33.9. The van der Waals surface area contributed by atoms with E-state index in [-0.39, 0.29) is 26.0 Å². The predicted molar refractivity (Wildman–Crippen MR) is 230 cm³/mol. The molecule has 0 saturated heterocycles. The van der Waals surface area contributed by atoms with Crippen LogP contribution in [-0.4, -0.2) is 23.2 Å². The number of aromatic nitrogens is 2. The van der Waals surface area contributed by atoms with Crippen LogP contribution in [0.15, 0.2) is 143 Å². The molecule has 10 rings (SSSR count). The first-order chi connectivity index (χ1) is 27.6. The fourth-order valence-electron chi connectivity index (χ4n) is 7.70. The Morgan fingerprint density at radius 3 is 2.29 bits per heavy atom. The van der Waals surface area contributed by atoms with Gasteiger partial charge in [-0.3, -0.25) is 0 Å². The third kappa shape index (κ3) is 7.91. The van der Waals surface area contributed by atoms with Gasteiger partial charge >= 0.3 is 138 Å². The van der Waals surface area contributed by atoms with Gasteiger partial charge in [0.05, 0.1) is 5.58 Å². The van der Waals surface area contributed by atoms with Crippen molar-refractivity contribution in [3.63, 3.8) is 0 Å². The number of nitrogens with zero attached hydrogens (tertiary/aromatic N) is 2. The molecule has 1 aliphatic rings. The van der Waals surface area contributed by atoms with E-state index >= 15 is 0 Å². The van der Waals surface area contributed by atoms with E-state index < -0.39 is 19.6 Å². The summed E-state index contributed by atoms with van der Waals surface area (Å²) < 4.78 is 31.4. The maximum Gasteiger partial charge on any atom is 0 e. The van der Waals surface area contributed by atoms with E-state index in [2.05, 4.69) is 94.0 Å². The summed E-state index contributed by atoms with van der Waals surface area (Å²) in [6.45, 7) is 0. The Kier molecular flexibility index (Phi) is 10.4. The third-order valence-corrected chi connectivity index (χ3v) is 15.0. The first-order valence-corrected chi connectivity index (χ1v) is 26.7. The molecule has 1 fully saturated rings. The summed E-state index contributed by atoms with van der Waals surface area (Å²) in [7, 11) is 0. The average Bonchev–Trinajstić information content (AvgIpc) is 3.82. The van der Waals surface area contributed by atoms with Gasteiger partial charge in [-0.25, -0.2) is 0 Å². The molecule has 4 heterocycles. The standard InChI is InChI=1S/C30H26NO.C20H18GeNO.Ir/c1-3-8-21(9-4-1)18-22-16-17-31-28(19-22)27-13-7-12-26-25-15-14-24(20-29(25)32-30(26)27)23-10-5-2-6-11-23;1-21(2,3)15-9-10-18(22-13-15)14-8-11-20-17(12-14)16-6-4-5-7-19(16)23-20;/h2,5-7,10-12,14-17,19-21H,1,3-4,8-9,18H2;4-7,9-13H,1-3H3;/q2*-1;/i18D2;;. The summed E-state index contributed by atoms with van der Waals surface area (Å²) >= 11 is -1.81. The molecule has 4 nitrogen and oxygen atoms in total. The van der Waals surface area contributed by atoms with Crippen molar-refractivity contribution < 1.29 is 31.7 Å². The molecule has 5 aromatic carbocycles. The number of rotatable bonds is 6.